The number of aromatic nitrogens is 2. The Kier molecular flexibility index (Phi) is 8.53. The molecule has 0 saturated heterocycles. The van der Waals surface area contributed by atoms with Gasteiger partial charge in [0, 0.05) is 33.5 Å². The summed E-state index contributed by atoms with van der Waals surface area (Å²) in [5.41, 5.74) is 12.3. The Bertz CT molecular complexity index is 2880. The molecule has 0 atom stereocenters. The first-order chi connectivity index (χ1) is 27.7. The lowest BCUT2D eigenvalue weighted by Crippen LogP contribution is -2.18. The largest absolute Gasteiger partial charge is 0.313 e. The molecule has 1 aromatic heterocycles. The zero-order valence-corrected chi connectivity index (χ0v) is 31.2. The fraction of sp³-hybridized carbons (Fsp3) is 0.0566. The van der Waals surface area contributed by atoms with Gasteiger partial charge in [-0.2, -0.15) is 0 Å². The molecule has 1 aliphatic rings. The molecule has 0 N–H and O–H groups in total. The van der Waals surface area contributed by atoms with Gasteiger partial charge in [-0.1, -0.05) is 170 Å². The highest BCUT2D eigenvalue weighted by Crippen LogP contribution is 2.42. The van der Waals surface area contributed by atoms with E-state index in [1.807, 2.05) is 0 Å². The molecule has 9 aromatic rings. The number of allylic oxidation sites excluding steroid dienone is 4. The first kappa shape index (κ1) is 33.5. The molecule has 56 heavy (non-hydrogen) atoms. The number of hydrogen-bond donors (Lipinski definition) is 0. The van der Waals surface area contributed by atoms with Crippen LogP contribution in [-0.2, 0) is 0 Å². The third kappa shape index (κ3) is 6.04. The zero-order chi connectivity index (χ0) is 37.4. The summed E-state index contributed by atoms with van der Waals surface area (Å²) in [4.78, 5) is 13.0. The molecule has 0 fully saturated rings. The van der Waals surface area contributed by atoms with Gasteiger partial charge in [-0.05, 0) is 87.7 Å². The Balaban J connectivity index is 1.09. The Morgan fingerprint density at radius 1 is 0.464 bits per heavy atom. The molecular weight excluding hydrogens is 679 g/mol. The molecule has 1 heterocycles. The molecule has 0 unspecified atom stereocenters. The lowest BCUT2D eigenvalue weighted by atomic mass is 9.95. The highest BCUT2D eigenvalue weighted by Gasteiger charge is 2.21. The normalized spacial score (nSPS) is 12.6. The minimum absolute atomic E-state index is 0.703. The number of hydrogen-bond acceptors (Lipinski definition) is 3. The van der Waals surface area contributed by atoms with Crippen LogP contribution < -0.4 is 4.90 Å². The van der Waals surface area contributed by atoms with E-state index in [0.29, 0.717) is 5.82 Å². The van der Waals surface area contributed by atoms with Gasteiger partial charge < -0.3 is 4.90 Å². The number of rotatable bonds is 7. The van der Waals surface area contributed by atoms with Gasteiger partial charge in [-0.3, -0.25) is 0 Å². The molecule has 3 nitrogen and oxygen atoms in total. The predicted octanol–water partition coefficient (Wildman–Crippen LogP) is 14.3. The van der Waals surface area contributed by atoms with E-state index in [2.05, 4.69) is 206 Å². The summed E-state index contributed by atoms with van der Waals surface area (Å²) in [6.07, 6.45) is 8.73. The number of nitrogens with zero attached hydrogens (tertiary/aromatic N) is 3. The highest BCUT2D eigenvalue weighted by molar-refractivity contribution is 6.06. The molecule has 0 saturated carbocycles. The molecule has 0 bridgehead atoms. The van der Waals surface area contributed by atoms with E-state index >= 15 is 0 Å². The van der Waals surface area contributed by atoms with Crippen LogP contribution in [-0.4, -0.2) is 9.97 Å². The summed E-state index contributed by atoms with van der Waals surface area (Å²) in [6.45, 7) is 2.20. The Morgan fingerprint density at radius 3 is 1.68 bits per heavy atom. The average molecular weight is 718 g/mol. The molecule has 8 aromatic carbocycles. The van der Waals surface area contributed by atoms with Crippen molar-refractivity contribution in [1.82, 2.24) is 9.97 Å². The number of fused-ring (bicyclic) bond motifs is 3. The summed E-state index contributed by atoms with van der Waals surface area (Å²) in [7, 11) is 0. The zero-order valence-electron chi connectivity index (χ0n) is 31.2. The van der Waals surface area contributed by atoms with Crippen LogP contribution in [0.1, 0.15) is 18.4 Å². The van der Waals surface area contributed by atoms with Crippen LogP contribution in [0, 0.1) is 6.92 Å². The summed E-state index contributed by atoms with van der Waals surface area (Å²) in [5, 5.41) is 7.16. The van der Waals surface area contributed by atoms with E-state index in [9.17, 15) is 0 Å². The van der Waals surface area contributed by atoms with Crippen molar-refractivity contribution < 1.29 is 0 Å². The van der Waals surface area contributed by atoms with Crippen LogP contribution in [0.25, 0.3) is 77.3 Å². The van der Waals surface area contributed by atoms with Crippen molar-refractivity contribution in [1.29, 1.82) is 0 Å². The van der Waals surface area contributed by atoms with Crippen LogP contribution in [0.3, 0.4) is 0 Å². The van der Waals surface area contributed by atoms with Gasteiger partial charge in [0.15, 0.2) is 5.82 Å². The van der Waals surface area contributed by atoms with Crippen molar-refractivity contribution in [2.45, 2.75) is 19.8 Å². The number of benzene rings is 8. The summed E-state index contributed by atoms with van der Waals surface area (Å²) < 4.78 is 0. The van der Waals surface area contributed by atoms with Crippen LogP contribution in [0.5, 0.6) is 0 Å². The van der Waals surface area contributed by atoms with Crippen LogP contribution in [0.2, 0.25) is 0 Å². The van der Waals surface area contributed by atoms with Crippen LogP contribution in [0.15, 0.2) is 200 Å². The fourth-order valence-electron chi connectivity index (χ4n) is 8.31. The lowest BCUT2D eigenvalue weighted by molar-refractivity contribution is 0.917. The third-order valence-corrected chi connectivity index (χ3v) is 11.1. The monoisotopic (exact) mass is 717 g/mol. The van der Waals surface area contributed by atoms with Gasteiger partial charge in [0.2, 0.25) is 0 Å². The standard InChI is InChI=1S/C53H39N3/c1-36-15-5-12-28-51(36)56(41-20-3-2-4-21-41)52-34-33-44(45-24-10-11-25-48(45)52)39-29-31-40(32-30-39)53-54-49(46-26-13-18-37-16-6-8-22-42(37)46)35-50(55-53)47-27-14-19-38-17-7-9-23-43(38)47/h2-3,5-20,22-35H,4,21H2,1H3. The number of anilines is 2. The first-order valence-electron chi connectivity index (χ1n) is 19.4. The number of para-hydroxylation sites is 1. The number of aryl methyl sites for hydroxylation is 1. The van der Waals surface area contributed by atoms with Gasteiger partial charge in [-0.15, -0.1) is 0 Å². The SMILES string of the molecule is Cc1ccccc1N(C1=CC=CCC1)c1ccc(-c2ccc(-c3nc(-c4cccc5ccccc45)cc(-c4cccc5ccccc45)n3)cc2)c2ccccc12. The van der Waals surface area contributed by atoms with Gasteiger partial charge in [0.1, 0.15) is 0 Å². The summed E-state index contributed by atoms with van der Waals surface area (Å²) in [5.74, 6) is 0.703. The van der Waals surface area contributed by atoms with E-state index in [-0.39, 0.29) is 0 Å². The molecule has 0 spiro atoms. The molecule has 1 aliphatic carbocycles. The minimum Gasteiger partial charge on any atom is -0.313 e. The smallest absolute Gasteiger partial charge is 0.160 e. The molecular formula is C53H39N3. The topological polar surface area (TPSA) is 29.0 Å². The Morgan fingerprint density at radius 2 is 1.04 bits per heavy atom. The second kappa shape index (κ2) is 14.3. The van der Waals surface area contributed by atoms with E-state index in [1.54, 1.807) is 0 Å². The van der Waals surface area contributed by atoms with E-state index in [1.165, 1.54) is 60.5 Å². The molecule has 10 rings (SSSR count). The fourth-order valence-corrected chi connectivity index (χ4v) is 8.31. The molecule has 0 amide bonds. The maximum Gasteiger partial charge on any atom is 0.160 e. The van der Waals surface area contributed by atoms with Crippen molar-refractivity contribution in [2.24, 2.45) is 0 Å². The first-order valence-corrected chi connectivity index (χ1v) is 19.4. The minimum atomic E-state index is 0.703. The third-order valence-electron chi connectivity index (χ3n) is 11.1. The maximum atomic E-state index is 5.27. The average Bonchev–Trinajstić information content (AvgIpc) is 3.27. The van der Waals surface area contributed by atoms with E-state index in [0.717, 1.165) is 46.5 Å². The van der Waals surface area contributed by atoms with Crippen molar-refractivity contribution in [3.05, 3.63) is 205 Å². The van der Waals surface area contributed by atoms with Gasteiger partial charge >= 0.3 is 0 Å². The summed E-state index contributed by atoms with van der Waals surface area (Å²) in [6, 6.07) is 62.9. The van der Waals surface area contributed by atoms with Crippen LogP contribution in [0.4, 0.5) is 11.4 Å². The van der Waals surface area contributed by atoms with Crippen molar-refractivity contribution in [3.63, 3.8) is 0 Å². The highest BCUT2D eigenvalue weighted by atomic mass is 15.2. The quantitative estimate of drug-likeness (QED) is 0.164. The predicted molar refractivity (Wildman–Crippen MR) is 236 cm³/mol. The van der Waals surface area contributed by atoms with Crippen molar-refractivity contribution in [3.8, 4) is 45.0 Å². The van der Waals surface area contributed by atoms with E-state index < -0.39 is 0 Å². The summed E-state index contributed by atoms with van der Waals surface area (Å²) >= 11 is 0. The second-order valence-corrected chi connectivity index (χ2v) is 14.5. The van der Waals surface area contributed by atoms with Crippen molar-refractivity contribution >= 4 is 43.7 Å². The molecule has 0 radical (unpaired) electrons. The maximum absolute atomic E-state index is 5.27. The van der Waals surface area contributed by atoms with Gasteiger partial charge in [0.25, 0.3) is 0 Å². The van der Waals surface area contributed by atoms with Gasteiger partial charge in [0.05, 0.1) is 17.1 Å². The molecule has 3 heteroatoms. The second-order valence-electron chi connectivity index (χ2n) is 14.5. The van der Waals surface area contributed by atoms with Crippen molar-refractivity contribution in [2.75, 3.05) is 4.90 Å². The molecule has 266 valence electrons. The molecule has 0 aliphatic heterocycles. The van der Waals surface area contributed by atoms with E-state index in [4.69, 9.17) is 9.97 Å². The van der Waals surface area contributed by atoms with Gasteiger partial charge in [-0.25, -0.2) is 9.97 Å². The Hall–Kier alpha value is -7.10. The van der Waals surface area contributed by atoms with Crippen LogP contribution >= 0.6 is 0 Å². The Labute approximate surface area is 327 Å². The lowest BCUT2D eigenvalue weighted by Gasteiger charge is -2.31.